The third kappa shape index (κ3) is 3.02. The topological polar surface area (TPSA) is 63.6 Å². The second-order valence-electron chi connectivity index (χ2n) is 5.19. The molecule has 1 saturated heterocycles. The van der Waals surface area contributed by atoms with E-state index in [4.69, 9.17) is 4.74 Å². The van der Waals surface area contributed by atoms with Crippen molar-refractivity contribution in [2.75, 3.05) is 12.9 Å². The van der Waals surface area contributed by atoms with Gasteiger partial charge in [0.15, 0.2) is 9.84 Å². The van der Waals surface area contributed by atoms with Gasteiger partial charge in [-0.05, 0) is 37.5 Å². The fourth-order valence-electron chi connectivity index (χ4n) is 2.61. The van der Waals surface area contributed by atoms with Crippen molar-refractivity contribution in [3.63, 3.8) is 0 Å². The summed E-state index contributed by atoms with van der Waals surface area (Å²) < 4.78 is 30.4. The predicted octanol–water partition coefficient (Wildman–Crippen LogP) is 2.77. The molecule has 2 unspecified atom stereocenters. The maximum absolute atomic E-state index is 12.1. The molecular weight excluding hydrogens is 344 g/mol. The average Bonchev–Trinajstić information content (AvgIpc) is 2.40. The van der Waals surface area contributed by atoms with Gasteiger partial charge in [0.25, 0.3) is 0 Å². The van der Waals surface area contributed by atoms with Gasteiger partial charge in [0, 0.05) is 10.0 Å². The summed E-state index contributed by atoms with van der Waals surface area (Å²) in [6, 6.07) is 3.56. The van der Waals surface area contributed by atoms with Gasteiger partial charge in [-0.25, -0.2) is 8.42 Å². The van der Waals surface area contributed by atoms with Crippen LogP contribution in [0.5, 0.6) is 5.75 Å². The highest BCUT2D eigenvalue weighted by Gasteiger charge is 2.36. The minimum absolute atomic E-state index is 0.157. The molecule has 1 aliphatic rings. The van der Waals surface area contributed by atoms with Gasteiger partial charge in [-0.1, -0.05) is 22.4 Å². The van der Waals surface area contributed by atoms with Crippen molar-refractivity contribution in [2.45, 2.75) is 37.5 Å². The fourth-order valence-corrected chi connectivity index (χ4v) is 4.95. The SMILES string of the molecule is COc1cc(C)c(Br)cc1C(O)C1CCCCS1(=O)=O. The Bertz CT molecular complexity index is 597. The van der Waals surface area contributed by atoms with Crippen LogP contribution in [0.1, 0.15) is 36.5 Å². The number of halogens is 1. The van der Waals surface area contributed by atoms with E-state index in [1.54, 1.807) is 12.1 Å². The monoisotopic (exact) mass is 362 g/mol. The number of benzene rings is 1. The molecule has 0 spiro atoms. The third-order valence-electron chi connectivity index (χ3n) is 3.81. The first kappa shape index (κ1) is 15.8. The van der Waals surface area contributed by atoms with Crippen LogP contribution in [-0.4, -0.2) is 31.6 Å². The first-order valence-corrected chi connectivity index (χ1v) is 9.11. The molecule has 20 heavy (non-hydrogen) atoms. The lowest BCUT2D eigenvalue weighted by molar-refractivity contribution is 0.160. The lowest BCUT2D eigenvalue weighted by Crippen LogP contribution is -2.34. The molecule has 0 bridgehead atoms. The van der Waals surface area contributed by atoms with E-state index in [1.807, 2.05) is 6.92 Å². The maximum Gasteiger partial charge on any atom is 0.156 e. The van der Waals surface area contributed by atoms with E-state index in [2.05, 4.69) is 15.9 Å². The van der Waals surface area contributed by atoms with Crippen molar-refractivity contribution < 1.29 is 18.3 Å². The summed E-state index contributed by atoms with van der Waals surface area (Å²) >= 11 is 3.41. The van der Waals surface area contributed by atoms with Gasteiger partial charge >= 0.3 is 0 Å². The van der Waals surface area contributed by atoms with E-state index >= 15 is 0 Å². The Morgan fingerprint density at radius 2 is 2.10 bits per heavy atom. The summed E-state index contributed by atoms with van der Waals surface area (Å²) in [6.07, 6.45) is 0.960. The molecule has 0 amide bonds. The van der Waals surface area contributed by atoms with Crippen molar-refractivity contribution in [1.82, 2.24) is 0 Å². The summed E-state index contributed by atoms with van der Waals surface area (Å²) in [6.45, 7) is 1.92. The lowest BCUT2D eigenvalue weighted by atomic mass is 10.00. The molecule has 1 N–H and O–H groups in total. The molecule has 1 fully saturated rings. The van der Waals surface area contributed by atoms with Crippen LogP contribution in [0, 0.1) is 6.92 Å². The number of rotatable bonds is 3. The highest BCUT2D eigenvalue weighted by molar-refractivity contribution is 9.10. The zero-order chi connectivity index (χ0) is 14.9. The number of sulfone groups is 1. The Hall–Kier alpha value is -0.590. The molecule has 1 aromatic carbocycles. The number of aryl methyl sites for hydroxylation is 1. The van der Waals surface area contributed by atoms with Gasteiger partial charge in [-0.15, -0.1) is 0 Å². The van der Waals surface area contributed by atoms with Crippen LogP contribution in [0.25, 0.3) is 0 Å². The minimum Gasteiger partial charge on any atom is -0.496 e. The Kier molecular flexibility index (Phi) is 4.76. The number of methoxy groups -OCH3 is 1. The first-order chi connectivity index (χ1) is 9.36. The second-order valence-corrected chi connectivity index (χ2v) is 8.38. The molecule has 0 aliphatic carbocycles. The highest BCUT2D eigenvalue weighted by Crippen LogP contribution is 2.37. The third-order valence-corrected chi connectivity index (χ3v) is 6.94. The Balaban J connectivity index is 2.42. The largest absolute Gasteiger partial charge is 0.496 e. The maximum atomic E-state index is 12.1. The van der Waals surface area contributed by atoms with Crippen molar-refractivity contribution in [2.24, 2.45) is 0 Å². The molecule has 6 heteroatoms. The molecule has 0 aromatic heterocycles. The summed E-state index contributed by atoms with van der Waals surface area (Å²) in [4.78, 5) is 0. The standard InChI is InChI=1S/C14H19BrO4S/c1-9-7-12(19-2)10(8-11(9)15)14(16)13-5-3-4-6-20(13,17)18/h7-8,13-14,16H,3-6H2,1-2H3. The molecule has 2 rings (SSSR count). The summed E-state index contributed by atoms with van der Waals surface area (Å²) in [5.41, 5.74) is 1.50. The van der Waals surface area contributed by atoms with Crippen LogP contribution in [0.3, 0.4) is 0 Å². The number of aliphatic hydroxyl groups excluding tert-OH is 1. The molecule has 4 nitrogen and oxygen atoms in total. The number of hydrogen-bond donors (Lipinski definition) is 1. The molecule has 0 saturated carbocycles. The van der Waals surface area contributed by atoms with E-state index in [0.717, 1.165) is 16.5 Å². The van der Waals surface area contributed by atoms with Gasteiger partial charge in [0.05, 0.1) is 24.2 Å². The molecule has 1 heterocycles. The van der Waals surface area contributed by atoms with E-state index in [9.17, 15) is 13.5 Å². The van der Waals surface area contributed by atoms with Gasteiger partial charge in [-0.2, -0.15) is 0 Å². The smallest absolute Gasteiger partial charge is 0.156 e. The van der Waals surface area contributed by atoms with E-state index in [1.165, 1.54) is 7.11 Å². The minimum atomic E-state index is -3.24. The number of aliphatic hydroxyl groups is 1. The van der Waals surface area contributed by atoms with Crippen LogP contribution in [0.2, 0.25) is 0 Å². The fraction of sp³-hybridized carbons (Fsp3) is 0.571. The molecular formula is C14H19BrO4S. The lowest BCUT2D eigenvalue weighted by Gasteiger charge is -2.28. The Morgan fingerprint density at radius 3 is 2.70 bits per heavy atom. The summed E-state index contributed by atoms with van der Waals surface area (Å²) in [5.74, 6) is 0.684. The zero-order valence-corrected chi connectivity index (χ0v) is 14.0. The van der Waals surface area contributed by atoms with Gasteiger partial charge in [0.2, 0.25) is 0 Å². The van der Waals surface area contributed by atoms with Crippen molar-refractivity contribution in [3.05, 3.63) is 27.7 Å². The van der Waals surface area contributed by atoms with Gasteiger partial charge < -0.3 is 9.84 Å². The van der Waals surface area contributed by atoms with Gasteiger partial charge in [0.1, 0.15) is 5.75 Å². The normalized spacial score (nSPS) is 23.3. The van der Waals surface area contributed by atoms with E-state index < -0.39 is 21.2 Å². The van der Waals surface area contributed by atoms with E-state index in [-0.39, 0.29) is 5.75 Å². The zero-order valence-electron chi connectivity index (χ0n) is 11.6. The molecule has 0 radical (unpaired) electrons. The molecule has 112 valence electrons. The summed E-state index contributed by atoms with van der Waals surface area (Å²) in [7, 11) is -1.72. The second kappa shape index (κ2) is 6.03. The molecule has 2 atom stereocenters. The number of ether oxygens (including phenoxy) is 1. The summed E-state index contributed by atoms with van der Waals surface area (Å²) in [5, 5.41) is 9.79. The predicted molar refractivity (Wildman–Crippen MR) is 81.8 cm³/mol. The quantitative estimate of drug-likeness (QED) is 0.897. The first-order valence-electron chi connectivity index (χ1n) is 6.60. The van der Waals surface area contributed by atoms with Crippen LogP contribution in [0.15, 0.2) is 16.6 Å². The Labute approximate surface area is 128 Å². The van der Waals surface area contributed by atoms with Crippen LogP contribution in [-0.2, 0) is 9.84 Å². The van der Waals surface area contributed by atoms with Crippen LogP contribution in [0.4, 0.5) is 0 Å². The average molecular weight is 363 g/mol. The Morgan fingerprint density at radius 1 is 1.40 bits per heavy atom. The van der Waals surface area contributed by atoms with Crippen LogP contribution < -0.4 is 4.74 Å². The molecule has 1 aromatic rings. The van der Waals surface area contributed by atoms with Crippen LogP contribution >= 0.6 is 15.9 Å². The van der Waals surface area contributed by atoms with Crippen molar-refractivity contribution in [1.29, 1.82) is 0 Å². The molecule has 1 aliphatic heterocycles. The highest BCUT2D eigenvalue weighted by atomic mass is 79.9. The van der Waals surface area contributed by atoms with Crippen molar-refractivity contribution >= 4 is 25.8 Å². The van der Waals surface area contributed by atoms with Gasteiger partial charge in [-0.3, -0.25) is 0 Å². The van der Waals surface area contributed by atoms with Crippen molar-refractivity contribution in [3.8, 4) is 5.75 Å². The number of hydrogen-bond acceptors (Lipinski definition) is 4. The van der Waals surface area contributed by atoms with E-state index in [0.29, 0.717) is 24.2 Å².